The largest absolute Gasteiger partial charge is 0.496 e. The minimum absolute atomic E-state index is 0.0509. The topological polar surface area (TPSA) is 51.5 Å². The highest BCUT2D eigenvalue weighted by Gasteiger charge is 2.26. The fraction of sp³-hybridized carbons (Fsp3) is 0.0870. The number of hydrogen-bond donors (Lipinski definition) is 1. The maximum Gasteiger partial charge on any atom is 0.353 e. The van der Waals surface area contributed by atoms with Crippen LogP contribution < -0.4 is 4.74 Å². The van der Waals surface area contributed by atoms with Crippen LogP contribution in [0.4, 0.5) is 4.39 Å². The highest BCUT2D eigenvalue weighted by Crippen LogP contribution is 2.41. The summed E-state index contributed by atoms with van der Waals surface area (Å²) in [6.07, 6.45) is 0. The van der Waals surface area contributed by atoms with Crippen molar-refractivity contribution < 1.29 is 19.0 Å². The molecule has 1 heterocycles. The van der Waals surface area contributed by atoms with Gasteiger partial charge in [-0.2, -0.15) is 0 Å². The molecule has 0 fully saturated rings. The summed E-state index contributed by atoms with van der Waals surface area (Å²) in [5, 5.41) is 11.2. The molecule has 4 nitrogen and oxygen atoms in total. The predicted octanol–water partition coefficient (Wildman–Crippen LogP) is 5.86. The number of carbonyl (C=O) groups is 1. The van der Waals surface area contributed by atoms with Crippen LogP contribution in [0.15, 0.2) is 66.7 Å². The lowest BCUT2D eigenvalue weighted by Gasteiger charge is -2.11. The fourth-order valence-electron chi connectivity index (χ4n) is 3.63. The molecule has 0 atom stereocenters. The van der Waals surface area contributed by atoms with Crippen molar-refractivity contribution in [2.75, 3.05) is 7.11 Å². The van der Waals surface area contributed by atoms with Gasteiger partial charge in [0.15, 0.2) is 0 Å². The van der Waals surface area contributed by atoms with E-state index >= 15 is 0 Å². The number of carboxylic acids is 1. The lowest BCUT2D eigenvalue weighted by Crippen LogP contribution is -2.11. The normalized spacial score (nSPS) is 11.0. The van der Waals surface area contributed by atoms with Gasteiger partial charge in [0.05, 0.1) is 13.7 Å². The van der Waals surface area contributed by atoms with Crippen LogP contribution in [0.3, 0.4) is 0 Å². The number of ether oxygens (including phenoxy) is 1. The maximum absolute atomic E-state index is 14.3. The minimum atomic E-state index is -1.12. The first-order chi connectivity index (χ1) is 14.0. The van der Waals surface area contributed by atoms with Gasteiger partial charge in [0.25, 0.3) is 0 Å². The second-order valence-electron chi connectivity index (χ2n) is 6.57. The predicted molar refractivity (Wildman–Crippen MR) is 111 cm³/mol. The number of nitrogens with zero attached hydrogens (tertiary/aromatic N) is 1. The Morgan fingerprint density at radius 3 is 2.55 bits per heavy atom. The van der Waals surface area contributed by atoms with E-state index in [1.807, 2.05) is 12.1 Å². The molecule has 0 aliphatic carbocycles. The third kappa shape index (κ3) is 3.34. The molecule has 0 unspecified atom stereocenters. The summed E-state index contributed by atoms with van der Waals surface area (Å²) in [6.45, 7) is 0.0710. The highest BCUT2D eigenvalue weighted by atomic mass is 35.5. The summed E-state index contributed by atoms with van der Waals surface area (Å²) in [7, 11) is 1.53. The average Bonchev–Trinajstić information content (AvgIpc) is 3.03. The van der Waals surface area contributed by atoms with Crippen molar-refractivity contribution in [2.24, 2.45) is 0 Å². The molecule has 6 heteroatoms. The van der Waals surface area contributed by atoms with Crippen LogP contribution in [-0.2, 0) is 6.54 Å². The van der Waals surface area contributed by atoms with Gasteiger partial charge in [-0.1, -0.05) is 48.0 Å². The van der Waals surface area contributed by atoms with Crippen molar-refractivity contribution in [1.29, 1.82) is 0 Å². The summed E-state index contributed by atoms with van der Waals surface area (Å²) in [5.74, 6) is -0.965. The number of hydrogen-bond acceptors (Lipinski definition) is 2. The Labute approximate surface area is 171 Å². The van der Waals surface area contributed by atoms with Crippen LogP contribution in [0.25, 0.3) is 22.0 Å². The summed E-state index contributed by atoms with van der Waals surface area (Å²) in [5.41, 5.74) is 2.22. The first-order valence-corrected chi connectivity index (χ1v) is 9.31. The standard InChI is InChI=1S/C23H17ClFNO3/c1-29-20-9-5-3-7-16(20)21-17-12-15(24)10-11-19(17)26(22(21)23(27)28)13-14-6-2-4-8-18(14)25/h2-12H,13H2,1H3,(H,27,28). The number of halogens is 2. The number of methoxy groups -OCH3 is 1. The van der Waals surface area contributed by atoms with Crippen molar-refractivity contribution in [3.05, 3.63) is 88.8 Å². The van der Waals surface area contributed by atoms with E-state index < -0.39 is 11.8 Å². The molecule has 0 radical (unpaired) electrons. The van der Waals surface area contributed by atoms with Gasteiger partial charge in [0.1, 0.15) is 17.3 Å². The molecule has 1 N–H and O–H groups in total. The fourth-order valence-corrected chi connectivity index (χ4v) is 3.81. The van der Waals surface area contributed by atoms with E-state index in [9.17, 15) is 14.3 Å². The maximum atomic E-state index is 14.3. The zero-order chi connectivity index (χ0) is 20.5. The van der Waals surface area contributed by atoms with Gasteiger partial charge in [0, 0.05) is 32.6 Å². The van der Waals surface area contributed by atoms with Crippen LogP contribution in [0.2, 0.25) is 5.02 Å². The third-order valence-corrected chi connectivity index (χ3v) is 5.13. The lowest BCUT2D eigenvalue weighted by atomic mass is 10.0. The Morgan fingerprint density at radius 1 is 1.10 bits per heavy atom. The van der Waals surface area contributed by atoms with Crippen LogP contribution in [0.1, 0.15) is 16.1 Å². The molecule has 1 aromatic heterocycles. The smallest absolute Gasteiger partial charge is 0.353 e. The molecule has 0 amide bonds. The molecular formula is C23H17ClFNO3. The van der Waals surface area contributed by atoms with Gasteiger partial charge < -0.3 is 14.4 Å². The molecule has 0 saturated heterocycles. The molecule has 146 valence electrons. The Hall–Kier alpha value is -3.31. The summed E-state index contributed by atoms with van der Waals surface area (Å²) < 4.78 is 21.4. The van der Waals surface area contributed by atoms with Gasteiger partial charge >= 0.3 is 5.97 Å². The number of para-hydroxylation sites is 1. The van der Waals surface area contributed by atoms with Crippen molar-refractivity contribution >= 4 is 28.5 Å². The van der Waals surface area contributed by atoms with Crippen molar-refractivity contribution in [3.8, 4) is 16.9 Å². The summed E-state index contributed by atoms with van der Waals surface area (Å²) in [6, 6.07) is 18.7. The van der Waals surface area contributed by atoms with Gasteiger partial charge in [-0.3, -0.25) is 0 Å². The van der Waals surface area contributed by atoms with Crippen LogP contribution in [-0.4, -0.2) is 22.8 Å². The van der Waals surface area contributed by atoms with Gasteiger partial charge in [-0.25, -0.2) is 9.18 Å². The van der Waals surface area contributed by atoms with E-state index in [0.717, 1.165) is 0 Å². The van der Waals surface area contributed by atoms with Crippen molar-refractivity contribution in [1.82, 2.24) is 4.57 Å². The summed E-state index contributed by atoms with van der Waals surface area (Å²) >= 11 is 6.23. The monoisotopic (exact) mass is 409 g/mol. The number of benzene rings is 3. The molecule has 0 aliphatic rings. The molecular weight excluding hydrogens is 393 g/mol. The Morgan fingerprint density at radius 2 is 1.83 bits per heavy atom. The second kappa shape index (κ2) is 7.60. The number of fused-ring (bicyclic) bond motifs is 1. The molecule has 3 aromatic carbocycles. The van der Waals surface area contributed by atoms with Gasteiger partial charge in [-0.05, 0) is 30.3 Å². The summed E-state index contributed by atoms with van der Waals surface area (Å²) in [4.78, 5) is 12.4. The minimum Gasteiger partial charge on any atom is -0.496 e. The lowest BCUT2D eigenvalue weighted by molar-refractivity contribution is 0.0687. The zero-order valence-electron chi connectivity index (χ0n) is 15.5. The molecule has 4 aromatic rings. The zero-order valence-corrected chi connectivity index (χ0v) is 16.3. The van der Waals surface area contributed by atoms with E-state index in [2.05, 4.69) is 0 Å². The number of rotatable bonds is 5. The van der Waals surface area contributed by atoms with E-state index in [1.165, 1.54) is 13.2 Å². The number of aromatic nitrogens is 1. The van der Waals surface area contributed by atoms with E-state index in [0.29, 0.717) is 38.4 Å². The van der Waals surface area contributed by atoms with E-state index in [1.54, 1.807) is 53.1 Å². The third-order valence-electron chi connectivity index (χ3n) is 4.89. The molecule has 29 heavy (non-hydrogen) atoms. The quantitative estimate of drug-likeness (QED) is 0.449. The average molecular weight is 410 g/mol. The highest BCUT2D eigenvalue weighted by molar-refractivity contribution is 6.31. The Kier molecular flexibility index (Phi) is 4.99. The Balaban J connectivity index is 2.08. The van der Waals surface area contributed by atoms with Crippen LogP contribution >= 0.6 is 11.6 Å². The first kappa shape index (κ1) is 19.0. The van der Waals surface area contributed by atoms with Crippen molar-refractivity contribution in [2.45, 2.75) is 6.54 Å². The van der Waals surface area contributed by atoms with Gasteiger partial charge in [0.2, 0.25) is 0 Å². The molecule has 0 spiro atoms. The number of carboxylic acid groups (broad SMARTS) is 1. The van der Waals surface area contributed by atoms with E-state index in [4.69, 9.17) is 16.3 Å². The Bertz CT molecular complexity index is 1230. The van der Waals surface area contributed by atoms with E-state index in [-0.39, 0.29) is 12.2 Å². The molecule has 0 saturated carbocycles. The SMILES string of the molecule is COc1ccccc1-c1c(C(=O)O)n(Cc2ccccc2F)c2ccc(Cl)cc12. The molecule has 0 aliphatic heterocycles. The van der Waals surface area contributed by atoms with Crippen molar-refractivity contribution in [3.63, 3.8) is 0 Å². The van der Waals surface area contributed by atoms with Gasteiger partial charge in [-0.15, -0.1) is 0 Å². The number of aromatic carboxylic acids is 1. The second-order valence-corrected chi connectivity index (χ2v) is 7.00. The van der Waals surface area contributed by atoms with Crippen LogP contribution in [0.5, 0.6) is 5.75 Å². The first-order valence-electron chi connectivity index (χ1n) is 8.93. The molecule has 4 rings (SSSR count). The van der Waals surface area contributed by atoms with Crippen LogP contribution in [0, 0.1) is 5.82 Å². The molecule has 0 bridgehead atoms.